The quantitative estimate of drug-likeness (QED) is 0.790. The highest BCUT2D eigenvalue weighted by Gasteiger charge is 2.14. The van der Waals surface area contributed by atoms with Crippen molar-refractivity contribution in [3.63, 3.8) is 0 Å². The molecule has 0 amide bonds. The molecule has 100 valence electrons. The van der Waals surface area contributed by atoms with Crippen LogP contribution in [0.5, 0.6) is 0 Å². The predicted octanol–water partition coefficient (Wildman–Crippen LogP) is 2.53. The van der Waals surface area contributed by atoms with Crippen LogP contribution in [0.15, 0.2) is 55.4 Å². The summed E-state index contributed by atoms with van der Waals surface area (Å²) in [4.78, 5) is 12.4. The lowest BCUT2D eigenvalue weighted by Gasteiger charge is -2.17. The zero-order valence-corrected chi connectivity index (χ0v) is 11.1. The first-order valence-corrected chi connectivity index (χ1v) is 6.40. The van der Waals surface area contributed by atoms with Gasteiger partial charge < -0.3 is 10.3 Å². The van der Waals surface area contributed by atoms with Crippen molar-refractivity contribution in [2.24, 2.45) is 0 Å². The molecule has 0 aliphatic rings. The van der Waals surface area contributed by atoms with Crippen LogP contribution in [0, 0.1) is 0 Å². The molecule has 3 rings (SSSR count). The molecule has 5 nitrogen and oxygen atoms in total. The van der Waals surface area contributed by atoms with Crippen molar-refractivity contribution in [1.29, 1.82) is 0 Å². The van der Waals surface area contributed by atoms with Gasteiger partial charge in [-0.3, -0.25) is 4.98 Å². The van der Waals surface area contributed by atoms with Crippen LogP contribution >= 0.6 is 0 Å². The number of pyridine rings is 2. The number of hydrogen-bond donors (Lipinski definition) is 1. The van der Waals surface area contributed by atoms with Crippen LogP contribution < -0.4 is 5.73 Å². The van der Waals surface area contributed by atoms with E-state index in [4.69, 9.17) is 5.73 Å². The normalized spacial score (nSPS) is 12.2. The van der Waals surface area contributed by atoms with Crippen LogP contribution in [-0.2, 0) is 0 Å². The van der Waals surface area contributed by atoms with Crippen LogP contribution in [0.3, 0.4) is 0 Å². The molecule has 0 aliphatic heterocycles. The van der Waals surface area contributed by atoms with Crippen LogP contribution in [0.2, 0.25) is 0 Å². The molecule has 1 atom stereocenters. The van der Waals surface area contributed by atoms with Crippen molar-refractivity contribution in [2.75, 3.05) is 5.73 Å². The Balaban J connectivity index is 2.05. The molecular formula is C15H15N5. The number of imidazole rings is 1. The summed E-state index contributed by atoms with van der Waals surface area (Å²) in [5, 5.41) is 0. The first-order chi connectivity index (χ1) is 9.77. The Hall–Kier alpha value is -2.69. The lowest BCUT2D eigenvalue weighted by atomic mass is 10.1. The van der Waals surface area contributed by atoms with Gasteiger partial charge in [0.2, 0.25) is 0 Å². The molecule has 2 N–H and O–H groups in total. The Morgan fingerprint density at radius 3 is 2.65 bits per heavy atom. The van der Waals surface area contributed by atoms with Gasteiger partial charge in [0.1, 0.15) is 5.82 Å². The Labute approximate surface area is 117 Å². The smallest absolute Gasteiger partial charge is 0.132 e. The third kappa shape index (κ3) is 2.14. The van der Waals surface area contributed by atoms with Crippen LogP contribution in [0.25, 0.3) is 11.3 Å². The number of aromatic nitrogens is 4. The van der Waals surface area contributed by atoms with E-state index in [1.54, 1.807) is 18.6 Å². The number of nitrogens with two attached hydrogens (primary N) is 1. The molecule has 0 spiro atoms. The molecule has 0 fully saturated rings. The number of nitrogen functional groups attached to an aromatic ring is 1. The van der Waals surface area contributed by atoms with Gasteiger partial charge in [0.05, 0.1) is 24.3 Å². The molecule has 3 heterocycles. The molecule has 0 aliphatic carbocycles. The van der Waals surface area contributed by atoms with Crippen LogP contribution in [-0.4, -0.2) is 19.5 Å². The molecule has 3 aromatic heterocycles. The average molecular weight is 265 g/mol. The number of rotatable bonds is 3. The minimum absolute atomic E-state index is 0.148. The zero-order valence-electron chi connectivity index (χ0n) is 11.1. The summed E-state index contributed by atoms with van der Waals surface area (Å²) < 4.78 is 2.09. The second-order valence-corrected chi connectivity index (χ2v) is 4.58. The van der Waals surface area contributed by atoms with Gasteiger partial charge in [-0.25, -0.2) is 9.97 Å². The highest BCUT2D eigenvalue weighted by Crippen LogP contribution is 2.28. The summed E-state index contributed by atoms with van der Waals surface area (Å²) in [7, 11) is 0. The summed E-state index contributed by atoms with van der Waals surface area (Å²) in [6.07, 6.45) is 8.89. The fourth-order valence-corrected chi connectivity index (χ4v) is 2.26. The summed E-state index contributed by atoms with van der Waals surface area (Å²) in [5.74, 6) is 0.510. The van der Waals surface area contributed by atoms with Gasteiger partial charge in [0.15, 0.2) is 0 Å². The minimum atomic E-state index is 0.148. The van der Waals surface area contributed by atoms with Gasteiger partial charge in [-0.2, -0.15) is 0 Å². The molecule has 20 heavy (non-hydrogen) atoms. The first-order valence-electron chi connectivity index (χ1n) is 6.40. The molecule has 0 saturated carbocycles. The fourth-order valence-electron chi connectivity index (χ4n) is 2.26. The molecule has 0 bridgehead atoms. The van der Waals surface area contributed by atoms with Gasteiger partial charge in [-0.1, -0.05) is 0 Å². The van der Waals surface area contributed by atoms with Gasteiger partial charge in [-0.05, 0) is 36.8 Å². The van der Waals surface area contributed by atoms with Gasteiger partial charge in [-0.15, -0.1) is 0 Å². The predicted molar refractivity (Wildman–Crippen MR) is 77.9 cm³/mol. The van der Waals surface area contributed by atoms with Crippen molar-refractivity contribution in [1.82, 2.24) is 19.5 Å². The van der Waals surface area contributed by atoms with Crippen molar-refractivity contribution in [3.05, 3.63) is 60.9 Å². The lowest BCUT2D eigenvalue weighted by Crippen LogP contribution is -2.08. The lowest BCUT2D eigenvalue weighted by molar-refractivity contribution is 0.643. The molecular weight excluding hydrogens is 250 g/mol. The standard InChI is InChI=1S/C15H15N5/c1-11(12-4-7-17-8-5-12)20-10-18-9-14(20)13-3-2-6-19-15(13)16/h2-11H,1H3,(H2,16,19). The topological polar surface area (TPSA) is 69.6 Å². The molecule has 1 unspecified atom stereocenters. The van der Waals surface area contributed by atoms with E-state index in [1.807, 2.05) is 36.8 Å². The fraction of sp³-hybridized carbons (Fsp3) is 0.133. The molecule has 5 heteroatoms. The Kier molecular flexibility index (Phi) is 3.16. The van der Waals surface area contributed by atoms with E-state index < -0.39 is 0 Å². The summed E-state index contributed by atoms with van der Waals surface area (Å²) in [6.45, 7) is 2.12. The second-order valence-electron chi connectivity index (χ2n) is 4.58. The van der Waals surface area contributed by atoms with Crippen molar-refractivity contribution in [3.8, 4) is 11.3 Å². The summed E-state index contributed by atoms with van der Waals surface area (Å²) >= 11 is 0. The van der Waals surface area contributed by atoms with Crippen LogP contribution in [0.1, 0.15) is 18.5 Å². The van der Waals surface area contributed by atoms with E-state index in [1.165, 1.54) is 5.56 Å². The molecule has 0 saturated heterocycles. The largest absolute Gasteiger partial charge is 0.383 e. The van der Waals surface area contributed by atoms with Gasteiger partial charge >= 0.3 is 0 Å². The van der Waals surface area contributed by atoms with Crippen molar-refractivity contribution >= 4 is 5.82 Å². The highest BCUT2D eigenvalue weighted by atomic mass is 15.1. The molecule has 3 aromatic rings. The van der Waals surface area contributed by atoms with Gasteiger partial charge in [0.25, 0.3) is 0 Å². The Morgan fingerprint density at radius 1 is 1.10 bits per heavy atom. The average Bonchev–Trinajstić information content (AvgIpc) is 2.97. The number of anilines is 1. The van der Waals surface area contributed by atoms with Crippen molar-refractivity contribution in [2.45, 2.75) is 13.0 Å². The minimum Gasteiger partial charge on any atom is -0.383 e. The maximum absolute atomic E-state index is 5.96. The molecule has 0 aromatic carbocycles. The van der Waals surface area contributed by atoms with Crippen LogP contribution in [0.4, 0.5) is 5.82 Å². The van der Waals surface area contributed by atoms with E-state index in [-0.39, 0.29) is 6.04 Å². The first kappa shape index (κ1) is 12.3. The Bertz CT molecular complexity index is 705. The van der Waals surface area contributed by atoms with Crippen molar-refractivity contribution < 1.29 is 0 Å². The van der Waals surface area contributed by atoms with E-state index in [0.717, 1.165) is 11.3 Å². The number of nitrogens with zero attached hydrogens (tertiary/aromatic N) is 4. The zero-order chi connectivity index (χ0) is 13.9. The maximum atomic E-state index is 5.96. The highest BCUT2D eigenvalue weighted by molar-refractivity contribution is 5.70. The maximum Gasteiger partial charge on any atom is 0.132 e. The van der Waals surface area contributed by atoms with E-state index in [0.29, 0.717) is 5.82 Å². The second kappa shape index (κ2) is 5.13. The third-order valence-electron chi connectivity index (χ3n) is 3.39. The van der Waals surface area contributed by atoms with Gasteiger partial charge in [0, 0.05) is 24.2 Å². The monoisotopic (exact) mass is 265 g/mol. The summed E-state index contributed by atoms with van der Waals surface area (Å²) in [6, 6.07) is 7.98. The SMILES string of the molecule is CC(c1ccncc1)n1cncc1-c1cccnc1N. The van der Waals surface area contributed by atoms with E-state index in [9.17, 15) is 0 Å². The third-order valence-corrected chi connectivity index (χ3v) is 3.39. The molecule has 0 radical (unpaired) electrons. The van der Waals surface area contributed by atoms with E-state index in [2.05, 4.69) is 26.4 Å². The number of hydrogen-bond acceptors (Lipinski definition) is 4. The Morgan fingerprint density at radius 2 is 1.90 bits per heavy atom. The summed E-state index contributed by atoms with van der Waals surface area (Å²) in [5.41, 5.74) is 8.98. The van der Waals surface area contributed by atoms with E-state index >= 15 is 0 Å².